The van der Waals surface area contributed by atoms with Gasteiger partial charge in [-0.15, -0.1) is 0 Å². The molecule has 1 amide bonds. The lowest BCUT2D eigenvalue weighted by atomic mass is 10.2. The standard InChI is InChI=1S/C13H22N4O3/c1-10-4-8-20-11(10)12(18)15-5-3-6-16-13(14)17-7-9-19-2/h4,8H,3,5-7,9H2,1-2H3,(H,15,18)(H3,14,16,17). The van der Waals surface area contributed by atoms with E-state index in [9.17, 15) is 4.79 Å². The maximum Gasteiger partial charge on any atom is 0.287 e. The van der Waals surface area contributed by atoms with Crippen LogP contribution >= 0.6 is 0 Å². The quantitative estimate of drug-likeness (QED) is 0.360. The molecule has 0 saturated carbocycles. The van der Waals surface area contributed by atoms with Crippen LogP contribution in [0.25, 0.3) is 0 Å². The second-order valence-electron chi connectivity index (χ2n) is 4.23. The molecule has 1 heterocycles. The van der Waals surface area contributed by atoms with E-state index in [1.165, 1.54) is 6.26 Å². The molecular formula is C13H22N4O3. The molecule has 0 fully saturated rings. The Bertz CT molecular complexity index is 443. The molecule has 0 aromatic carbocycles. The number of guanidine groups is 1. The fourth-order valence-corrected chi connectivity index (χ4v) is 1.50. The Kier molecular flexibility index (Phi) is 7.20. The van der Waals surface area contributed by atoms with E-state index in [-0.39, 0.29) is 5.91 Å². The van der Waals surface area contributed by atoms with Crippen molar-refractivity contribution in [2.75, 3.05) is 33.4 Å². The van der Waals surface area contributed by atoms with Crippen molar-refractivity contribution in [3.63, 3.8) is 0 Å². The molecule has 0 aliphatic carbocycles. The average Bonchev–Trinajstić information content (AvgIpc) is 2.85. The number of hydrogen-bond acceptors (Lipinski definition) is 4. The molecule has 0 aliphatic heterocycles. The molecule has 7 nitrogen and oxygen atoms in total. The number of rotatable bonds is 8. The third-order valence-electron chi connectivity index (χ3n) is 2.58. The molecule has 1 rings (SSSR count). The van der Waals surface area contributed by atoms with Gasteiger partial charge < -0.3 is 25.5 Å². The number of aliphatic imine (C=N–C) groups is 1. The molecule has 4 N–H and O–H groups in total. The van der Waals surface area contributed by atoms with E-state index in [0.717, 1.165) is 5.56 Å². The summed E-state index contributed by atoms with van der Waals surface area (Å²) < 4.78 is 9.97. The van der Waals surface area contributed by atoms with Crippen LogP contribution < -0.4 is 16.4 Å². The van der Waals surface area contributed by atoms with Crippen LogP contribution in [0.1, 0.15) is 22.5 Å². The summed E-state index contributed by atoms with van der Waals surface area (Å²) in [6.45, 7) is 4.10. The summed E-state index contributed by atoms with van der Waals surface area (Å²) in [7, 11) is 1.62. The number of ether oxygens (including phenoxy) is 1. The number of carbonyl (C=O) groups is 1. The van der Waals surface area contributed by atoms with Crippen LogP contribution in [0.3, 0.4) is 0 Å². The molecule has 0 atom stereocenters. The Morgan fingerprint density at radius 1 is 1.45 bits per heavy atom. The first-order valence-electron chi connectivity index (χ1n) is 6.50. The van der Waals surface area contributed by atoms with Gasteiger partial charge in [-0.2, -0.15) is 0 Å². The van der Waals surface area contributed by atoms with Gasteiger partial charge in [0.1, 0.15) is 0 Å². The van der Waals surface area contributed by atoms with E-state index >= 15 is 0 Å². The van der Waals surface area contributed by atoms with E-state index in [0.29, 0.717) is 44.4 Å². The fraction of sp³-hybridized carbons (Fsp3) is 0.538. The van der Waals surface area contributed by atoms with Crippen molar-refractivity contribution in [3.05, 3.63) is 23.7 Å². The highest BCUT2D eigenvalue weighted by Crippen LogP contribution is 2.07. The summed E-state index contributed by atoms with van der Waals surface area (Å²) in [5.41, 5.74) is 6.46. The minimum Gasteiger partial charge on any atom is -0.459 e. The Morgan fingerprint density at radius 3 is 2.90 bits per heavy atom. The SMILES string of the molecule is COCCNC(N)=NCCCNC(=O)c1occc1C. The van der Waals surface area contributed by atoms with Crippen LogP contribution in [0.2, 0.25) is 0 Å². The largest absolute Gasteiger partial charge is 0.459 e. The Labute approximate surface area is 118 Å². The van der Waals surface area contributed by atoms with Crippen LogP contribution in [0.5, 0.6) is 0 Å². The van der Waals surface area contributed by atoms with Gasteiger partial charge in [-0.25, -0.2) is 0 Å². The molecule has 0 unspecified atom stereocenters. The van der Waals surface area contributed by atoms with Gasteiger partial charge in [0.05, 0.1) is 12.9 Å². The average molecular weight is 282 g/mol. The van der Waals surface area contributed by atoms with Gasteiger partial charge >= 0.3 is 0 Å². The molecule has 0 bridgehead atoms. The smallest absolute Gasteiger partial charge is 0.287 e. The first kappa shape index (κ1) is 16.0. The van der Waals surface area contributed by atoms with Crippen molar-refractivity contribution in [2.24, 2.45) is 10.7 Å². The summed E-state index contributed by atoms with van der Waals surface area (Å²) >= 11 is 0. The zero-order valence-corrected chi connectivity index (χ0v) is 11.9. The number of hydrogen-bond donors (Lipinski definition) is 3. The zero-order chi connectivity index (χ0) is 14.8. The van der Waals surface area contributed by atoms with Crippen molar-refractivity contribution in [1.82, 2.24) is 10.6 Å². The first-order valence-corrected chi connectivity index (χ1v) is 6.50. The highest BCUT2D eigenvalue weighted by atomic mass is 16.5. The van der Waals surface area contributed by atoms with Crippen molar-refractivity contribution < 1.29 is 13.9 Å². The van der Waals surface area contributed by atoms with E-state index < -0.39 is 0 Å². The minimum absolute atomic E-state index is 0.206. The summed E-state index contributed by atoms with van der Waals surface area (Å²) in [6.07, 6.45) is 2.21. The second kappa shape index (κ2) is 8.98. The van der Waals surface area contributed by atoms with Crippen LogP contribution in [0, 0.1) is 6.92 Å². The summed E-state index contributed by atoms with van der Waals surface area (Å²) in [5.74, 6) is 0.534. The molecule has 112 valence electrons. The van der Waals surface area contributed by atoms with E-state index in [2.05, 4.69) is 15.6 Å². The predicted octanol–water partition coefficient (Wildman–Crippen LogP) is 0.259. The third-order valence-corrected chi connectivity index (χ3v) is 2.58. The molecular weight excluding hydrogens is 260 g/mol. The fourth-order valence-electron chi connectivity index (χ4n) is 1.50. The van der Waals surface area contributed by atoms with Crippen molar-refractivity contribution in [2.45, 2.75) is 13.3 Å². The molecule has 0 aliphatic rings. The lowest BCUT2D eigenvalue weighted by Crippen LogP contribution is -2.34. The van der Waals surface area contributed by atoms with Gasteiger partial charge in [0.15, 0.2) is 11.7 Å². The highest BCUT2D eigenvalue weighted by molar-refractivity contribution is 5.92. The number of nitrogens with two attached hydrogens (primary N) is 1. The Balaban J connectivity index is 2.14. The Hall–Kier alpha value is -2.02. The summed E-state index contributed by atoms with van der Waals surface area (Å²) in [5, 5.41) is 5.68. The molecule has 0 saturated heterocycles. The first-order chi connectivity index (χ1) is 9.65. The highest BCUT2D eigenvalue weighted by Gasteiger charge is 2.10. The van der Waals surface area contributed by atoms with Gasteiger partial charge in [-0.1, -0.05) is 0 Å². The molecule has 1 aromatic rings. The van der Waals surface area contributed by atoms with Gasteiger partial charge in [0, 0.05) is 32.3 Å². The minimum atomic E-state index is -0.206. The van der Waals surface area contributed by atoms with Crippen LogP contribution in [-0.4, -0.2) is 45.2 Å². The van der Waals surface area contributed by atoms with Crippen LogP contribution in [-0.2, 0) is 4.74 Å². The second-order valence-corrected chi connectivity index (χ2v) is 4.23. The van der Waals surface area contributed by atoms with Crippen molar-refractivity contribution >= 4 is 11.9 Å². The normalized spacial score (nSPS) is 11.4. The van der Waals surface area contributed by atoms with Crippen LogP contribution in [0.15, 0.2) is 21.7 Å². The molecule has 0 radical (unpaired) electrons. The maximum atomic E-state index is 11.7. The van der Waals surface area contributed by atoms with E-state index in [1.807, 2.05) is 6.92 Å². The lowest BCUT2D eigenvalue weighted by Gasteiger charge is -2.05. The number of carbonyl (C=O) groups excluding carboxylic acids is 1. The number of amides is 1. The monoisotopic (exact) mass is 282 g/mol. The number of methoxy groups -OCH3 is 1. The molecule has 20 heavy (non-hydrogen) atoms. The van der Waals surface area contributed by atoms with Crippen molar-refractivity contribution in [1.29, 1.82) is 0 Å². The number of furan rings is 1. The number of nitrogens with one attached hydrogen (secondary N) is 2. The molecule has 7 heteroatoms. The van der Waals surface area contributed by atoms with Crippen molar-refractivity contribution in [3.8, 4) is 0 Å². The topological polar surface area (TPSA) is 102 Å². The molecule has 0 spiro atoms. The number of nitrogens with zero attached hydrogens (tertiary/aromatic N) is 1. The third kappa shape index (κ3) is 5.75. The summed E-state index contributed by atoms with van der Waals surface area (Å²) in [6, 6.07) is 1.76. The van der Waals surface area contributed by atoms with E-state index in [1.54, 1.807) is 13.2 Å². The molecule has 1 aromatic heterocycles. The van der Waals surface area contributed by atoms with Crippen LogP contribution in [0.4, 0.5) is 0 Å². The lowest BCUT2D eigenvalue weighted by molar-refractivity contribution is 0.0925. The maximum absolute atomic E-state index is 11.7. The van der Waals surface area contributed by atoms with Gasteiger partial charge in [0.2, 0.25) is 0 Å². The van der Waals surface area contributed by atoms with Gasteiger partial charge in [-0.3, -0.25) is 9.79 Å². The van der Waals surface area contributed by atoms with E-state index in [4.69, 9.17) is 14.9 Å². The number of aryl methyl sites for hydroxylation is 1. The predicted molar refractivity (Wildman–Crippen MR) is 76.8 cm³/mol. The van der Waals surface area contributed by atoms with Gasteiger partial charge in [-0.05, 0) is 19.4 Å². The zero-order valence-electron chi connectivity index (χ0n) is 11.9. The Morgan fingerprint density at radius 2 is 2.25 bits per heavy atom. The van der Waals surface area contributed by atoms with Gasteiger partial charge in [0.25, 0.3) is 5.91 Å². The summed E-state index contributed by atoms with van der Waals surface area (Å²) in [4.78, 5) is 15.8.